The molecule has 0 radical (unpaired) electrons. The first-order valence-corrected chi connectivity index (χ1v) is 11.1. The Morgan fingerprint density at radius 1 is 1.13 bits per heavy atom. The van der Waals surface area contributed by atoms with Crippen molar-refractivity contribution in [1.82, 2.24) is 4.90 Å². The number of rotatable bonds is 8. The van der Waals surface area contributed by atoms with Gasteiger partial charge in [0.25, 0.3) is 0 Å². The van der Waals surface area contributed by atoms with Gasteiger partial charge in [-0.25, -0.2) is 9.69 Å². The molecule has 6 heteroatoms. The van der Waals surface area contributed by atoms with Crippen LogP contribution in [0.2, 0.25) is 0 Å². The molecule has 1 aromatic rings. The summed E-state index contributed by atoms with van der Waals surface area (Å²) in [4.78, 5) is 40.0. The van der Waals surface area contributed by atoms with Gasteiger partial charge in [0.1, 0.15) is 11.7 Å². The summed E-state index contributed by atoms with van der Waals surface area (Å²) in [5.74, 6) is -1.45. The summed E-state index contributed by atoms with van der Waals surface area (Å²) in [5.41, 5.74) is 0.0543. The van der Waals surface area contributed by atoms with Gasteiger partial charge in [-0.05, 0) is 51.5 Å². The molecule has 6 nitrogen and oxygen atoms in total. The van der Waals surface area contributed by atoms with E-state index < -0.39 is 35.7 Å². The lowest BCUT2D eigenvalue weighted by molar-refractivity contribution is -0.158. The highest BCUT2D eigenvalue weighted by Crippen LogP contribution is 2.37. The van der Waals surface area contributed by atoms with Gasteiger partial charge in [0.05, 0.1) is 12.5 Å². The predicted octanol–water partition coefficient (Wildman–Crippen LogP) is 5.66. The first-order valence-electron chi connectivity index (χ1n) is 11.1. The number of esters is 1. The number of nitrogens with zero attached hydrogens (tertiary/aromatic N) is 1. The Kier molecular flexibility index (Phi) is 7.90. The van der Waals surface area contributed by atoms with E-state index in [2.05, 4.69) is 20.8 Å². The van der Waals surface area contributed by atoms with Crippen molar-refractivity contribution in [3.8, 4) is 0 Å². The van der Waals surface area contributed by atoms with Crippen molar-refractivity contribution >= 4 is 18.0 Å². The minimum atomic E-state index is -0.658. The van der Waals surface area contributed by atoms with Crippen LogP contribution in [0.25, 0.3) is 0 Å². The first-order chi connectivity index (χ1) is 14.3. The van der Waals surface area contributed by atoms with E-state index in [4.69, 9.17) is 9.47 Å². The molecule has 1 saturated heterocycles. The number of cyclic esters (lactones) is 1. The van der Waals surface area contributed by atoms with Crippen molar-refractivity contribution in [3.63, 3.8) is 0 Å². The van der Waals surface area contributed by atoms with E-state index in [9.17, 15) is 14.4 Å². The van der Waals surface area contributed by atoms with Gasteiger partial charge < -0.3 is 9.47 Å². The molecule has 2 unspecified atom stereocenters. The predicted molar refractivity (Wildman–Crippen MR) is 119 cm³/mol. The van der Waals surface area contributed by atoms with Gasteiger partial charge in [-0.3, -0.25) is 9.59 Å². The number of imide groups is 1. The van der Waals surface area contributed by atoms with E-state index in [1.165, 1.54) is 4.90 Å². The van der Waals surface area contributed by atoms with Crippen molar-refractivity contribution in [2.24, 2.45) is 11.3 Å². The molecule has 2 rings (SSSR count). The summed E-state index contributed by atoms with van der Waals surface area (Å²) in [6.45, 7) is 13.5. The van der Waals surface area contributed by atoms with Crippen LogP contribution in [0.5, 0.6) is 0 Å². The van der Waals surface area contributed by atoms with E-state index in [1.54, 1.807) is 20.8 Å². The highest BCUT2D eigenvalue weighted by molar-refractivity contribution is 5.96. The number of benzene rings is 1. The van der Waals surface area contributed by atoms with Crippen LogP contribution in [0.1, 0.15) is 85.8 Å². The van der Waals surface area contributed by atoms with Crippen molar-refractivity contribution in [3.05, 3.63) is 35.9 Å². The molecule has 1 aliphatic heterocycles. The third kappa shape index (κ3) is 6.81. The second-order valence-corrected chi connectivity index (χ2v) is 10.3. The molecular weight excluding hydrogens is 394 g/mol. The number of amides is 2. The number of hydrogen-bond acceptors (Lipinski definition) is 5. The summed E-state index contributed by atoms with van der Waals surface area (Å²) in [5, 5.41) is 0. The lowest BCUT2D eigenvalue weighted by Gasteiger charge is -2.31. The minimum Gasteiger partial charge on any atom is -0.460 e. The van der Waals surface area contributed by atoms with Gasteiger partial charge in [0.15, 0.2) is 0 Å². The molecule has 2 amide bonds. The van der Waals surface area contributed by atoms with Crippen molar-refractivity contribution in [2.75, 3.05) is 0 Å². The van der Waals surface area contributed by atoms with Crippen LogP contribution < -0.4 is 0 Å². The van der Waals surface area contributed by atoms with E-state index in [-0.39, 0.29) is 17.7 Å². The zero-order valence-corrected chi connectivity index (χ0v) is 19.9. The molecular formula is C25H37NO5. The Balaban J connectivity index is 2.26. The molecule has 1 heterocycles. The summed E-state index contributed by atoms with van der Waals surface area (Å²) in [7, 11) is 0. The van der Waals surface area contributed by atoms with Gasteiger partial charge in [-0.1, -0.05) is 57.5 Å². The third-order valence-electron chi connectivity index (χ3n) is 5.54. The molecule has 1 aromatic carbocycles. The summed E-state index contributed by atoms with van der Waals surface area (Å²) in [6, 6.07) is 8.94. The molecule has 1 aliphatic rings. The second-order valence-electron chi connectivity index (χ2n) is 10.3. The molecule has 1 fully saturated rings. The number of hydrogen-bond donors (Lipinski definition) is 0. The van der Waals surface area contributed by atoms with Gasteiger partial charge in [0.2, 0.25) is 5.91 Å². The lowest BCUT2D eigenvalue weighted by Crippen LogP contribution is -2.43. The highest BCUT2D eigenvalue weighted by atomic mass is 16.6. The standard InChI is InChI=1S/C25H37NO5/c1-8-14-25(6,7)16-19(15-20(27)31-24(3,4)5)22(28)26-17(2)21(30-23(26)29)18-12-10-9-11-13-18/h9-13,17,19,21H,8,14-16H2,1-7H3/t17?,19-,21?/m1/s1. The fourth-order valence-corrected chi connectivity index (χ4v) is 4.32. The Labute approximate surface area is 186 Å². The summed E-state index contributed by atoms with van der Waals surface area (Å²) < 4.78 is 11.0. The van der Waals surface area contributed by atoms with Crippen LogP contribution in [0.15, 0.2) is 30.3 Å². The molecule has 0 saturated carbocycles. The molecule has 3 atom stereocenters. The Bertz CT molecular complexity index is 781. The maximum absolute atomic E-state index is 13.5. The van der Waals surface area contributed by atoms with Crippen LogP contribution in [0, 0.1) is 11.3 Å². The van der Waals surface area contributed by atoms with E-state index in [1.807, 2.05) is 37.3 Å². The average molecular weight is 432 g/mol. The third-order valence-corrected chi connectivity index (χ3v) is 5.54. The number of carbonyl (C=O) groups is 3. The zero-order chi connectivity index (χ0) is 23.4. The molecule has 0 N–H and O–H groups in total. The molecule has 0 spiro atoms. The average Bonchev–Trinajstić information content (AvgIpc) is 2.93. The second kappa shape index (κ2) is 9.84. The Morgan fingerprint density at radius 2 is 1.74 bits per heavy atom. The highest BCUT2D eigenvalue weighted by Gasteiger charge is 2.46. The molecule has 172 valence electrons. The maximum Gasteiger partial charge on any atom is 0.417 e. The Hall–Kier alpha value is -2.37. The normalized spacial score (nSPS) is 20.4. The topological polar surface area (TPSA) is 72.9 Å². The molecule has 31 heavy (non-hydrogen) atoms. The van der Waals surface area contributed by atoms with E-state index in [0.717, 1.165) is 18.4 Å². The van der Waals surface area contributed by atoms with Crippen LogP contribution in [0.4, 0.5) is 4.79 Å². The molecule has 0 aromatic heterocycles. The SMILES string of the molecule is CCCC(C)(C)C[C@@H](CC(=O)OC(C)(C)C)C(=O)N1C(=O)OC(c2ccccc2)C1C. The van der Waals surface area contributed by atoms with Crippen LogP contribution in [-0.2, 0) is 19.1 Å². The number of carbonyl (C=O) groups excluding carboxylic acids is 3. The van der Waals surface area contributed by atoms with Gasteiger partial charge in [-0.15, -0.1) is 0 Å². The zero-order valence-electron chi connectivity index (χ0n) is 19.9. The number of ether oxygens (including phenoxy) is 2. The van der Waals surface area contributed by atoms with Gasteiger partial charge in [0, 0.05) is 5.92 Å². The fraction of sp³-hybridized carbons (Fsp3) is 0.640. The van der Waals surface area contributed by atoms with Crippen LogP contribution >= 0.6 is 0 Å². The van der Waals surface area contributed by atoms with Gasteiger partial charge >= 0.3 is 12.1 Å². The van der Waals surface area contributed by atoms with E-state index >= 15 is 0 Å². The summed E-state index contributed by atoms with van der Waals surface area (Å²) in [6.07, 6.45) is 1.13. The minimum absolute atomic E-state index is 0.0598. The van der Waals surface area contributed by atoms with Crippen molar-refractivity contribution < 1.29 is 23.9 Å². The largest absolute Gasteiger partial charge is 0.460 e. The maximum atomic E-state index is 13.5. The lowest BCUT2D eigenvalue weighted by atomic mass is 9.77. The van der Waals surface area contributed by atoms with Crippen molar-refractivity contribution in [1.29, 1.82) is 0 Å². The van der Waals surface area contributed by atoms with Gasteiger partial charge in [-0.2, -0.15) is 0 Å². The monoisotopic (exact) mass is 431 g/mol. The van der Waals surface area contributed by atoms with Crippen LogP contribution in [-0.4, -0.2) is 34.5 Å². The van der Waals surface area contributed by atoms with E-state index in [0.29, 0.717) is 6.42 Å². The first kappa shape index (κ1) is 24.9. The Morgan fingerprint density at radius 3 is 2.29 bits per heavy atom. The molecule has 0 bridgehead atoms. The fourth-order valence-electron chi connectivity index (χ4n) is 4.32. The smallest absolute Gasteiger partial charge is 0.417 e. The molecule has 0 aliphatic carbocycles. The summed E-state index contributed by atoms with van der Waals surface area (Å²) >= 11 is 0. The van der Waals surface area contributed by atoms with Crippen LogP contribution in [0.3, 0.4) is 0 Å². The van der Waals surface area contributed by atoms with Crippen molar-refractivity contribution in [2.45, 2.75) is 91.9 Å². The quantitative estimate of drug-likeness (QED) is 0.497.